The third-order valence-electron chi connectivity index (χ3n) is 4.05. The third-order valence-corrected chi connectivity index (χ3v) is 4.05. The van der Waals surface area contributed by atoms with Crippen molar-refractivity contribution in [3.05, 3.63) is 84.7 Å². The number of rotatable bonds is 4. The van der Waals surface area contributed by atoms with Crippen molar-refractivity contribution in [3.8, 4) is 11.1 Å². The van der Waals surface area contributed by atoms with Gasteiger partial charge in [0.2, 0.25) is 0 Å². The maximum Gasteiger partial charge on any atom is 0.165 e. The number of aromatic nitrogens is 3. The van der Waals surface area contributed by atoms with E-state index in [1.807, 2.05) is 47.2 Å². The summed E-state index contributed by atoms with van der Waals surface area (Å²) in [5, 5.41) is 4.56. The van der Waals surface area contributed by atoms with Crippen molar-refractivity contribution in [1.29, 1.82) is 0 Å². The summed E-state index contributed by atoms with van der Waals surface area (Å²) >= 11 is 0. The summed E-state index contributed by atoms with van der Waals surface area (Å²) in [5.74, 6) is 1.01. The van der Waals surface area contributed by atoms with Crippen LogP contribution in [0.1, 0.15) is 5.56 Å². The number of fused-ring (bicyclic) bond motifs is 1. The molecule has 4 heteroatoms. The first-order valence-electron chi connectivity index (χ1n) is 7.87. The number of benzene rings is 2. The Balaban J connectivity index is 1.73. The number of anilines is 1. The molecule has 0 N–H and O–H groups in total. The molecular weight excluding hydrogens is 296 g/mol. The fourth-order valence-electron chi connectivity index (χ4n) is 2.87. The van der Waals surface area contributed by atoms with Crippen LogP contribution in [0.25, 0.3) is 16.8 Å². The van der Waals surface area contributed by atoms with E-state index in [9.17, 15) is 0 Å². The highest BCUT2D eigenvalue weighted by Gasteiger charge is 2.12. The zero-order chi connectivity index (χ0) is 16.4. The summed E-state index contributed by atoms with van der Waals surface area (Å²) < 4.78 is 1.89. The predicted octanol–water partition coefficient (Wildman–Crippen LogP) is 3.83. The summed E-state index contributed by atoms with van der Waals surface area (Å²) in [6.45, 7) is 0.814. The molecule has 0 amide bonds. The molecule has 4 aromatic rings. The van der Waals surface area contributed by atoms with Crippen LogP contribution in [0.4, 0.5) is 5.82 Å². The van der Waals surface area contributed by atoms with E-state index in [2.05, 4.69) is 58.4 Å². The van der Waals surface area contributed by atoms with Crippen LogP contribution < -0.4 is 4.90 Å². The maximum absolute atomic E-state index is 4.56. The van der Waals surface area contributed by atoms with Crippen LogP contribution in [0.2, 0.25) is 0 Å². The third kappa shape index (κ3) is 2.63. The summed E-state index contributed by atoms with van der Waals surface area (Å²) in [6, 6.07) is 23.4. The van der Waals surface area contributed by atoms with Gasteiger partial charge < -0.3 is 4.90 Å². The molecule has 117 valence electrons. The Kier molecular flexibility index (Phi) is 3.71. The zero-order valence-corrected chi connectivity index (χ0v) is 13.4. The molecule has 0 aliphatic rings. The molecule has 0 spiro atoms. The van der Waals surface area contributed by atoms with E-state index in [1.165, 1.54) is 5.56 Å². The minimum absolute atomic E-state index is 0.814. The smallest absolute Gasteiger partial charge is 0.165 e. The van der Waals surface area contributed by atoms with Crippen molar-refractivity contribution in [3.63, 3.8) is 0 Å². The summed E-state index contributed by atoms with van der Waals surface area (Å²) in [5.41, 5.74) is 4.20. The van der Waals surface area contributed by atoms with Gasteiger partial charge in [-0.2, -0.15) is 9.61 Å². The van der Waals surface area contributed by atoms with Gasteiger partial charge in [0.25, 0.3) is 0 Å². The lowest BCUT2D eigenvalue weighted by Gasteiger charge is -2.20. The van der Waals surface area contributed by atoms with Gasteiger partial charge in [0, 0.05) is 25.4 Å². The van der Waals surface area contributed by atoms with E-state index in [1.54, 1.807) is 0 Å². The average Bonchev–Trinajstić information content (AvgIpc) is 3.07. The van der Waals surface area contributed by atoms with E-state index >= 15 is 0 Å². The first-order valence-corrected chi connectivity index (χ1v) is 7.87. The molecule has 0 aliphatic carbocycles. The fraction of sp³-hybridized carbons (Fsp3) is 0.100. The minimum Gasteiger partial charge on any atom is -0.355 e. The normalized spacial score (nSPS) is 10.9. The second-order valence-electron chi connectivity index (χ2n) is 5.73. The molecule has 24 heavy (non-hydrogen) atoms. The molecule has 2 aromatic heterocycles. The Morgan fingerprint density at radius 2 is 1.96 bits per heavy atom. The van der Waals surface area contributed by atoms with Crippen molar-refractivity contribution < 1.29 is 0 Å². The van der Waals surface area contributed by atoms with Crippen molar-refractivity contribution in [2.24, 2.45) is 0 Å². The van der Waals surface area contributed by atoms with Crippen LogP contribution >= 0.6 is 0 Å². The van der Waals surface area contributed by atoms with Gasteiger partial charge in [0.05, 0.1) is 6.20 Å². The molecule has 2 aromatic carbocycles. The molecule has 0 saturated carbocycles. The van der Waals surface area contributed by atoms with Gasteiger partial charge in [-0.15, -0.1) is 0 Å². The Morgan fingerprint density at radius 3 is 2.75 bits per heavy atom. The van der Waals surface area contributed by atoms with Gasteiger partial charge in [-0.3, -0.25) is 0 Å². The lowest BCUT2D eigenvalue weighted by molar-refractivity contribution is 0.832. The molecule has 0 bridgehead atoms. The summed E-state index contributed by atoms with van der Waals surface area (Å²) in [6.07, 6.45) is 3.70. The summed E-state index contributed by atoms with van der Waals surface area (Å²) in [4.78, 5) is 6.71. The highest BCUT2D eigenvalue weighted by atomic mass is 15.3. The number of hydrogen-bond donors (Lipinski definition) is 0. The zero-order valence-electron chi connectivity index (χ0n) is 13.4. The van der Waals surface area contributed by atoms with E-state index < -0.39 is 0 Å². The van der Waals surface area contributed by atoms with E-state index in [0.29, 0.717) is 0 Å². The van der Waals surface area contributed by atoms with Crippen LogP contribution in [0.15, 0.2) is 73.1 Å². The highest BCUT2D eigenvalue weighted by molar-refractivity contribution is 5.77. The second kappa shape index (κ2) is 6.16. The largest absolute Gasteiger partial charge is 0.355 e. The SMILES string of the molecule is CN(Cc1ccccc1)c1ccnc2c(-c3c[c]ccc3)cnn12. The molecule has 0 fully saturated rings. The van der Waals surface area contributed by atoms with Crippen molar-refractivity contribution in [2.75, 3.05) is 11.9 Å². The molecule has 2 heterocycles. The van der Waals surface area contributed by atoms with Crippen molar-refractivity contribution in [2.45, 2.75) is 6.54 Å². The molecule has 0 unspecified atom stereocenters. The lowest BCUT2D eigenvalue weighted by Crippen LogP contribution is -2.19. The predicted molar refractivity (Wildman–Crippen MR) is 95.8 cm³/mol. The molecular formula is C20H17N4. The quantitative estimate of drug-likeness (QED) is 0.574. The van der Waals surface area contributed by atoms with Gasteiger partial charge >= 0.3 is 0 Å². The highest BCUT2D eigenvalue weighted by Crippen LogP contribution is 2.25. The fourth-order valence-corrected chi connectivity index (χ4v) is 2.87. The van der Waals surface area contributed by atoms with E-state index in [0.717, 1.165) is 29.1 Å². The van der Waals surface area contributed by atoms with Crippen molar-refractivity contribution in [1.82, 2.24) is 14.6 Å². The molecule has 0 atom stereocenters. The van der Waals surface area contributed by atoms with Gasteiger partial charge in [0.1, 0.15) is 5.82 Å². The Bertz CT molecular complexity index is 945. The topological polar surface area (TPSA) is 33.4 Å². The van der Waals surface area contributed by atoms with Crippen LogP contribution in [-0.2, 0) is 6.54 Å². The standard InChI is InChI=1S/C20H17N4/c1-23(15-16-8-4-2-5-9-16)19-12-13-21-20-18(14-22-24(19)20)17-10-6-3-7-11-17/h2-6,8-14H,15H2,1H3. The molecule has 0 saturated heterocycles. The van der Waals surface area contributed by atoms with Crippen molar-refractivity contribution >= 4 is 11.5 Å². The van der Waals surface area contributed by atoms with Crippen LogP contribution in [0, 0.1) is 6.07 Å². The molecule has 0 aliphatic heterocycles. The summed E-state index contributed by atoms with van der Waals surface area (Å²) in [7, 11) is 2.07. The first kappa shape index (κ1) is 14.5. The molecule has 4 rings (SSSR count). The van der Waals surface area contributed by atoms with E-state index in [-0.39, 0.29) is 0 Å². The van der Waals surface area contributed by atoms with Crippen LogP contribution in [0.3, 0.4) is 0 Å². The second-order valence-corrected chi connectivity index (χ2v) is 5.73. The van der Waals surface area contributed by atoms with Crippen LogP contribution in [-0.4, -0.2) is 21.6 Å². The lowest BCUT2D eigenvalue weighted by atomic mass is 10.1. The number of hydrogen-bond acceptors (Lipinski definition) is 3. The van der Waals surface area contributed by atoms with Gasteiger partial charge in [0.15, 0.2) is 5.65 Å². The van der Waals surface area contributed by atoms with Gasteiger partial charge in [-0.05, 0) is 29.3 Å². The monoisotopic (exact) mass is 313 g/mol. The van der Waals surface area contributed by atoms with Crippen LogP contribution in [0.5, 0.6) is 0 Å². The number of nitrogens with zero attached hydrogens (tertiary/aromatic N) is 4. The van der Waals surface area contributed by atoms with E-state index in [4.69, 9.17) is 0 Å². The Labute approximate surface area is 141 Å². The Morgan fingerprint density at radius 1 is 1.08 bits per heavy atom. The molecule has 4 nitrogen and oxygen atoms in total. The maximum atomic E-state index is 4.56. The Hall–Kier alpha value is -3.14. The first-order chi connectivity index (χ1) is 11.8. The van der Waals surface area contributed by atoms with Gasteiger partial charge in [-0.1, -0.05) is 48.5 Å². The minimum atomic E-state index is 0.814. The van der Waals surface area contributed by atoms with Gasteiger partial charge in [-0.25, -0.2) is 4.98 Å². The average molecular weight is 313 g/mol. The molecule has 1 radical (unpaired) electrons.